The van der Waals surface area contributed by atoms with Crippen LogP contribution < -0.4 is 0 Å². The molecule has 1 aliphatic carbocycles. The summed E-state index contributed by atoms with van der Waals surface area (Å²) in [6, 6.07) is 16.2. The molecule has 2 aromatic rings. The van der Waals surface area contributed by atoms with Gasteiger partial charge >= 0.3 is 0 Å². The molecule has 3 rings (SSSR count). The standard InChI is InChI=1S/C32H46N2/c1-4-6-7-8-9-10-11-27-12-17-31(34-24-27)30-15-13-28(14-16-30)29-19-22-32(25-33,23-20-29)21-18-26(3)5-2/h12-17,24,26,29H,4-11,18-23H2,1-3H3/t26?,29-,32+. The highest BCUT2D eigenvalue weighted by molar-refractivity contribution is 5.59. The minimum absolute atomic E-state index is 0.0823. The van der Waals surface area contributed by atoms with Crippen LogP contribution >= 0.6 is 0 Å². The smallest absolute Gasteiger partial charge is 0.0702 e. The van der Waals surface area contributed by atoms with Crippen molar-refractivity contribution in [2.45, 2.75) is 117 Å². The van der Waals surface area contributed by atoms with Crippen molar-refractivity contribution in [3.05, 3.63) is 53.7 Å². The van der Waals surface area contributed by atoms with E-state index in [1.54, 1.807) is 0 Å². The Balaban J connectivity index is 1.49. The normalized spacial score (nSPS) is 21.2. The molecule has 1 unspecified atom stereocenters. The number of benzene rings is 1. The zero-order chi connectivity index (χ0) is 24.2. The minimum atomic E-state index is -0.0823. The fraction of sp³-hybridized carbons (Fsp3) is 0.625. The molecule has 34 heavy (non-hydrogen) atoms. The van der Waals surface area contributed by atoms with Crippen molar-refractivity contribution in [2.75, 3.05) is 0 Å². The van der Waals surface area contributed by atoms with Crippen molar-refractivity contribution in [2.24, 2.45) is 11.3 Å². The minimum Gasteiger partial charge on any atom is -0.256 e. The molecule has 0 saturated heterocycles. The monoisotopic (exact) mass is 458 g/mol. The largest absolute Gasteiger partial charge is 0.256 e. The molecule has 0 radical (unpaired) electrons. The van der Waals surface area contributed by atoms with Gasteiger partial charge < -0.3 is 0 Å². The molecular formula is C32H46N2. The first-order chi connectivity index (χ1) is 16.6. The first-order valence-electron chi connectivity index (χ1n) is 14.1. The van der Waals surface area contributed by atoms with Gasteiger partial charge in [0.05, 0.1) is 17.2 Å². The molecule has 0 N–H and O–H groups in total. The highest BCUT2D eigenvalue weighted by Gasteiger charge is 2.35. The summed E-state index contributed by atoms with van der Waals surface area (Å²) in [6.07, 6.45) is 19.1. The molecule has 1 fully saturated rings. The van der Waals surface area contributed by atoms with Crippen molar-refractivity contribution in [3.63, 3.8) is 0 Å². The predicted octanol–water partition coefficient (Wildman–Crippen LogP) is 9.65. The summed E-state index contributed by atoms with van der Waals surface area (Å²) in [5.41, 5.74) is 4.96. The number of rotatable bonds is 13. The molecule has 2 heteroatoms. The molecule has 1 heterocycles. The van der Waals surface area contributed by atoms with Gasteiger partial charge in [-0.15, -0.1) is 0 Å². The van der Waals surface area contributed by atoms with E-state index in [9.17, 15) is 5.26 Å². The van der Waals surface area contributed by atoms with E-state index in [4.69, 9.17) is 4.98 Å². The summed E-state index contributed by atoms with van der Waals surface area (Å²) in [5, 5.41) is 9.90. The van der Waals surface area contributed by atoms with Gasteiger partial charge in [0, 0.05) is 11.8 Å². The predicted molar refractivity (Wildman–Crippen MR) is 145 cm³/mol. The van der Waals surface area contributed by atoms with Crippen molar-refractivity contribution in [1.82, 2.24) is 4.98 Å². The summed E-state index contributed by atoms with van der Waals surface area (Å²) in [4.78, 5) is 4.76. The summed E-state index contributed by atoms with van der Waals surface area (Å²) in [7, 11) is 0. The number of aromatic nitrogens is 1. The van der Waals surface area contributed by atoms with Crippen molar-refractivity contribution in [3.8, 4) is 17.3 Å². The topological polar surface area (TPSA) is 36.7 Å². The van der Waals surface area contributed by atoms with Gasteiger partial charge in [0.1, 0.15) is 0 Å². The van der Waals surface area contributed by atoms with Crippen LogP contribution in [0.25, 0.3) is 11.3 Å². The Hall–Kier alpha value is -2.14. The second kappa shape index (κ2) is 13.7. The summed E-state index contributed by atoms with van der Waals surface area (Å²) >= 11 is 0. The van der Waals surface area contributed by atoms with Gasteiger partial charge in [-0.1, -0.05) is 89.6 Å². The molecule has 1 atom stereocenters. The summed E-state index contributed by atoms with van der Waals surface area (Å²) in [5.74, 6) is 1.32. The SMILES string of the molecule is CCCCCCCCc1ccc(-c2ccc([C@H]3CC[C@](C#N)(CCC(C)CC)CC3)cc2)nc1. The van der Waals surface area contributed by atoms with E-state index in [0.717, 1.165) is 50.1 Å². The van der Waals surface area contributed by atoms with Crippen LogP contribution in [0, 0.1) is 22.7 Å². The fourth-order valence-corrected chi connectivity index (χ4v) is 5.43. The lowest BCUT2D eigenvalue weighted by Gasteiger charge is -2.36. The Kier molecular flexibility index (Phi) is 10.6. The van der Waals surface area contributed by atoms with E-state index in [1.807, 2.05) is 0 Å². The highest BCUT2D eigenvalue weighted by Crippen LogP contribution is 2.46. The Morgan fingerprint density at radius 2 is 1.68 bits per heavy atom. The lowest BCUT2D eigenvalue weighted by molar-refractivity contribution is 0.213. The third kappa shape index (κ3) is 7.69. The molecular weight excluding hydrogens is 412 g/mol. The molecule has 1 aromatic heterocycles. The molecule has 0 amide bonds. The van der Waals surface area contributed by atoms with Crippen LogP contribution in [-0.2, 0) is 6.42 Å². The van der Waals surface area contributed by atoms with Gasteiger partial charge in [-0.3, -0.25) is 4.98 Å². The Morgan fingerprint density at radius 3 is 2.29 bits per heavy atom. The zero-order valence-electron chi connectivity index (χ0n) is 22.0. The maximum atomic E-state index is 9.90. The number of pyridine rings is 1. The van der Waals surface area contributed by atoms with E-state index in [0.29, 0.717) is 5.92 Å². The molecule has 1 saturated carbocycles. The number of hydrogen-bond acceptors (Lipinski definition) is 2. The van der Waals surface area contributed by atoms with Crippen LogP contribution in [0.15, 0.2) is 42.6 Å². The van der Waals surface area contributed by atoms with Crippen LogP contribution in [0.1, 0.15) is 121 Å². The highest BCUT2D eigenvalue weighted by atomic mass is 14.7. The van der Waals surface area contributed by atoms with E-state index in [1.165, 1.54) is 68.1 Å². The number of nitrogens with zero attached hydrogens (tertiary/aromatic N) is 2. The van der Waals surface area contributed by atoms with Crippen molar-refractivity contribution in [1.29, 1.82) is 5.26 Å². The average molecular weight is 459 g/mol. The lowest BCUT2D eigenvalue weighted by Crippen LogP contribution is -2.26. The second-order valence-corrected chi connectivity index (χ2v) is 10.9. The zero-order valence-corrected chi connectivity index (χ0v) is 22.0. The molecule has 1 aliphatic rings. The number of hydrogen-bond donors (Lipinski definition) is 0. The molecule has 0 bridgehead atoms. The number of unbranched alkanes of at least 4 members (excludes halogenated alkanes) is 5. The Bertz CT molecular complexity index is 867. The van der Waals surface area contributed by atoms with Crippen molar-refractivity contribution >= 4 is 0 Å². The maximum absolute atomic E-state index is 9.90. The van der Waals surface area contributed by atoms with Gasteiger partial charge in [-0.2, -0.15) is 5.26 Å². The van der Waals surface area contributed by atoms with E-state index in [-0.39, 0.29) is 5.41 Å². The first kappa shape index (κ1) is 26.5. The van der Waals surface area contributed by atoms with E-state index >= 15 is 0 Å². The van der Waals surface area contributed by atoms with Crippen LogP contribution in [0.3, 0.4) is 0 Å². The van der Waals surface area contributed by atoms with Crippen LogP contribution in [-0.4, -0.2) is 4.98 Å². The van der Waals surface area contributed by atoms with Gasteiger partial charge in [0.2, 0.25) is 0 Å². The van der Waals surface area contributed by atoms with Gasteiger partial charge in [-0.25, -0.2) is 0 Å². The molecule has 0 aliphatic heterocycles. The third-order valence-corrected chi connectivity index (χ3v) is 8.31. The first-order valence-corrected chi connectivity index (χ1v) is 14.1. The Labute approximate surface area is 209 Å². The van der Waals surface area contributed by atoms with Gasteiger partial charge in [0.15, 0.2) is 0 Å². The lowest BCUT2D eigenvalue weighted by atomic mass is 9.67. The second-order valence-electron chi connectivity index (χ2n) is 10.9. The fourth-order valence-electron chi connectivity index (χ4n) is 5.43. The molecule has 184 valence electrons. The van der Waals surface area contributed by atoms with Crippen LogP contribution in [0.4, 0.5) is 0 Å². The van der Waals surface area contributed by atoms with Gasteiger partial charge in [0.25, 0.3) is 0 Å². The molecule has 0 spiro atoms. The molecule has 2 nitrogen and oxygen atoms in total. The van der Waals surface area contributed by atoms with Crippen molar-refractivity contribution < 1.29 is 0 Å². The van der Waals surface area contributed by atoms with E-state index < -0.39 is 0 Å². The van der Waals surface area contributed by atoms with Gasteiger partial charge in [-0.05, 0) is 80.4 Å². The summed E-state index contributed by atoms with van der Waals surface area (Å²) < 4.78 is 0. The Morgan fingerprint density at radius 1 is 0.971 bits per heavy atom. The third-order valence-electron chi connectivity index (χ3n) is 8.31. The quantitative estimate of drug-likeness (QED) is 0.280. The van der Waals surface area contributed by atoms with E-state index in [2.05, 4.69) is 69.4 Å². The summed E-state index contributed by atoms with van der Waals surface area (Å²) in [6.45, 7) is 6.84. The average Bonchev–Trinajstić information content (AvgIpc) is 2.90. The number of aryl methyl sites for hydroxylation is 1. The maximum Gasteiger partial charge on any atom is 0.0702 e. The number of nitriles is 1. The van der Waals surface area contributed by atoms with Crippen LogP contribution in [0.5, 0.6) is 0 Å². The van der Waals surface area contributed by atoms with Crippen LogP contribution in [0.2, 0.25) is 0 Å². The molecule has 1 aromatic carbocycles.